The number of piperidine rings is 1. The molecule has 1 aromatic heterocycles. The van der Waals surface area contributed by atoms with Gasteiger partial charge in [0.25, 0.3) is 0 Å². The Kier molecular flexibility index (Phi) is 5.31. The van der Waals surface area contributed by atoms with Crippen LogP contribution in [0.25, 0.3) is 10.8 Å². The summed E-state index contributed by atoms with van der Waals surface area (Å²) >= 11 is 0. The van der Waals surface area contributed by atoms with E-state index >= 15 is 0 Å². The maximum Gasteiger partial charge on any atom is 0.410 e. The van der Waals surface area contributed by atoms with Crippen LogP contribution < -0.4 is 10.1 Å². The summed E-state index contributed by atoms with van der Waals surface area (Å²) in [6.07, 6.45) is 3.22. The first kappa shape index (κ1) is 21.4. The Morgan fingerprint density at radius 2 is 1.77 bits per heavy atom. The molecule has 0 spiro atoms. The van der Waals surface area contributed by atoms with Crippen LogP contribution in [0.5, 0.6) is 5.75 Å². The summed E-state index contributed by atoms with van der Waals surface area (Å²) in [6, 6.07) is 7.93. The van der Waals surface area contributed by atoms with Crippen LogP contribution in [0.1, 0.15) is 34.6 Å². The number of nitrogens with one attached hydrogen (secondary N) is 1. The molecule has 1 unspecified atom stereocenters. The highest BCUT2D eigenvalue weighted by Crippen LogP contribution is 2.52. The first-order valence-corrected chi connectivity index (χ1v) is 10.8. The highest BCUT2D eigenvalue weighted by Gasteiger charge is 2.61. The van der Waals surface area contributed by atoms with E-state index in [0.29, 0.717) is 25.4 Å². The number of carbonyl (C=O) groups is 2. The molecular formula is C24H31N3O4. The van der Waals surface area contributed by atoms with Gasteiger partial charge in [-0.1, -0.05) is 24.3 Å². The maximum atomic E-state index is 12.8. The van der Waals surface area contributed by atoms with Crippen LogP contribution in [0.4, 0.5) is 4.79 Å². The average molecular weight is 426 g/mol. The Labute approximate surface area is 183 Å². The fraction of sp³-hybridized carbons (Fsp3) is 0.542. The van der Waals surface area contributed by atoms with Crippen molar-refractivity contribution in [2.24, 2.45) is 17.8 Å². The van der Waals surface area contributed by atoms with Gasteiger partial charge in [-0.05, 0) is 46.5 Å². The molecule has 2 aromatic rings. The van der Waals surface area contributed by atoms with Crippen molar-refractivity contribution in [1.82, 2.24) is 15.2 Å². The van der Waals surface area contributed by atoms with Crippen molar-refractivity contribution in [3.63, 3.8) is 0 Å². The highest BCUT2D eigenvalue weighted by molar-refractivity contribution is 5.87. The lowest BCUT2D eigenvalue weighted by Crippen LogP contribution is -2.49. The Hall–Kier alpha value is -2.83. The minimum absolute atomic E-state index is 0.0310. The Bertz CT molecular complexity index is 980. The largest absolute Gasteiger partial charge is 0.489 e. The van der Waals surface area contributed by atoms with Crippen LogP contribution in [0, 0.1) is 17.8 Å². The van der Waals surface area contributed by atoms with E-state index in [1.807, 2.05) is 65.1 Å². The minimum Gasteiger partial charge on any atom is -0.489 e. The van der Waals surface area contributed by atoms with Gasteiger partial charge in [-0.25, -0.2) is 4.79 Å². The molecule has 2 fully saturated rings. The van der Waals surface area contributed by atoms with Gasteiger partial charge in [0.1, 0.15) is 18.0 Å². The zero-order valence-corrected chi connectivity index (χ0v) is 18.8. The number of amides is 2. The van der Waals surface area contributed by atoms with Crippen LogP contribution in [0.2, 0.25) is 0 Å². The molecule has 2 heterocycles. The second-order valence-electron chi connectivity index (χ2n) is 10.3. The van der Waals surface area contributed by atoms with Crippen LogP contribution >= 0.6 is 0 Å². The third-order valence-electron chi connectivity index (χ3n) is 5.83. The molecule has 1 aliphatic heterocycles. The van der Waals surface area contributed by atoms with Gasteiger partial charge in [0.2, 0.25) is 5.91 Å². The third kappa shape index (κ3) is 4.75. The topological polar surface area (TPSA) is 80.8 Å². The van der Waals surface area contributed by atoms with E-state index in [1.54, 1.807) is 11.1 Å². The fourth-order valence-corrected chi connectivity index (χ4v) is 4.31. The number of aromatic nitrogens is 1. The van der Waals surface area contributed by atoms with Crippen molar-refractivity contribution in [3.8, 4) is 5.75 Å². The lowest BCUT2D eigenvalue weighted by Gasteiger charge is -2.28. The molecular weight excluding hydrogens is 394 g/mol. The monoisotopic (exact) mass is 425 g/mol. The first-order valence-electron chi connectivity index (χ1n) is 10.8. The van der Waals surface area contributed by atoms with Crippen LogP contribution in [0.3, 0.4) is 0 Å². The van der Waals surface area contributed by atoms with Crippen molar-refractivity contribution in [2.45, 2.75) is 45.8 Å². The summed E-state index contributed by atoms with van der Waals surface area (Å²) in [5.74, 6) is 1.12. The van der Waals surface area contributed by atoms with Gasteiger partial charge in [-0.2, -0.15) is 0 Å². The Balaban J connectivity index is 1.29. The van der Waals surface area contributed by atoms with Crippen LogP contribution in [0.15, 0.2) is 36.7 Å². The summed E-state index contributed by atoms with van der Waals surface area (Å²) < 4.78 is 11.5. The van der Waals surface area contributed by atoms with Crippen LogP contribution in [-0.4, -0.2) is 52.7 Å². The minimum atomic E-state index is -0.532. The van der Waals surface area contributed by atoms with Crippen molar-refractivity contribution < 1.29 is 19.1 Å². The van der Waals surface area contributed by atoms with Gasteiger partial charge in [0.05, 0.1) is 11.7 Å². The number of fused-ring (bicyclic) bond motifs is 2. The Morgan fingerprint density at radius 3 is 2.45 bits per heavy atom. The molecule has 1 aromatic carbocycles. The molecule has 7 nitrogen and oxygen atoms in total. The predicted octanol–water partition coefficient (Wildman–Crippen LogP) is 3.62. The number of likely N-dealkylation sites (tertiary alicyclic amines) is 1. The second kappa shape index (κ2) is 7.70. The van der Waals surface area contributed by atoms with Crippen molar-refractivity contribution in [1.29, 1.82) is 0 Å². The van der Waals surface area contributed by atoms with E-state index in [-0.39, 0.29) is 29.8 Å². The number of rotatable bonds is 5. The van der Waals surface area contributed by atoms with Gasteiger partial charge in [0.15, 0.2) is 0 Å². The smallest absolute Gasteiger partial charge is 0.410 e. The number of ether oxygens (including phenoxy) is 2. The molecule has 1 saturated heterocycles. The van der Waals surface area contributed by atoms with Gasteiger partial charge in [-0.3, -0.25) is 9.78 Å². The van der Waals surface area contributed by atoms with E-state index in [0.717, 1.165) is 10.8 Å². The first-order chi connectivity index (χ1) is 14.5. The number of carbonyl (C=O) groups excluding carboxylic acids is 2. The van der Waals surface area contributed by atoms with E-state index < -0.39 is 11.1 Å². The predicted molar refractivity (Wildman–Crippen MR) is 118 cm³/mol. The van der Waals surface area contributed by atoms with E-state index in [9.17, 15) is 9.59 Å². The number of hydrogen-bond donors (Lipinski definition) is 1. The van der Waals surface area contributed by atoms with Crippen LogP contribution in [-0.2, 0) is 9.53 Å². The maximum absolute atomic E-state index is 12.8. The molecule has 1 saturated carbocycles. The molecule has 0 bridgehead atoms. The molecule has 0 radical (unpaired) electrons. The molecule has 1 N–H and O–H groups in total. The lowest BCUT2D eigenvalue weighted by atomic mass is 10.1. The SMILES string of the molecule is CC(C)(COc1cncc2ccccc12)NC(=O)[C@@H]1C2CN(C(=O)OC(C)(C)C)C[C@H]21. The quantitative estimate of drug-likeness (QED) is 0.791. The number of pyridine rings is 1. The molecule has 2 aliphatic rings. The summed E-state index contributed by atoms with van der Waals surface area (Å²) in [4.78, 5) is 31.0. The molecule has 7 heteroatoms. The molecule has 166 valence electrons. The number of nitrogens with zero attached hydrogens (tertiary/aromatic N) is 2. The van der Waals surface area contributed by atoms with Gasteiger partial charge < -0.3 is 19.7 Å². The third-order valence-corrected chi connectivity index (χ3v) is 5.83. The van der Waals surface area contributed by atoms with E-state index in [4.69, 9.17) is 9.47 Å². The zero-order valence-electron chi connectivity index (χ0n) is 18.8. The summed E-state index contributed by atoms with van der Waals surface area (Å²) in [5.41, 5.74) is -1.04. The van der Waals surface area contributed by atoms with Gasteiger partial charge in [0, 0.05) is 36.0 Å². The molecule has 1 aliphatic carbocycles. The number of hydrogen-bond acceptors (Lipinski definition) is 5. The zero-order chi connectivity index (χ0) is 22.4. The van der Waals surface area contributed by atoms with Gasteiger partial charge in [-0.15, -0.1) is 0 Å². The van der Waals surface area contributed by atoms with Gasteiger partial charge >= 0.3 is 6.09 Å². The standard InChI is InChI=1S/C24H31N3O4/c1-23(2,3)31-22(29)27-12-17-18(13-27)20(17)21(28)26-24(4,5)14-30-19-11-25-10-15-8-6-7-9-16(15)19/h6-11,17-18,20H,12-14H2,1-5H3,(H,26,28)/t17-,18?,20+/m1/s1. The van der Waals surface area contributed by atoms with Crippen molar-refractivity contribution >= 4 is 22.8 Å². The van der Waals surface area contributed by atoms with E-state index in [1.165, 1.54) is 0 Å². The molecule has 3 atom stereocenters. The summed E-state index contributed by atoms with van der Waals surface area (Å²) in [5, 5.41) is 5.14. The normalized spacial score (nSPS) is 22.7. The highest BCUT2D eigenvalue weighted by atomic mass is 16.6. The van der Waals surface area contributed by atoms with E-state index in [2.05, 4.69) is 10.3 Å². The lowest BCUT2D eigenvalue weighted by molar-refractivity contribution is -0.125. The summed E-state index contributed by atoms with van der Waals surface area (Å²) in [7, 11) is 0. The average Bonchev–Trinajstić information content (AvgIpc) is 3.19. The number of benzene rings is 1. The molecule has 2 amide bonds. The fourth-order valence-electron chi connectivity index (χ4n) is 4.31. The Morgan fingerprint density at radius 1 is 1.10 bits per heavy atom. The molecule has 4 rings (SSSR count). The van der Waals surface area contributed by atoms with Crippen molar-refractivity contribution in [3.05, 3.63) is 36.7 Å². The van der Waals surface area contributed by atoms with Crippen molar-refractivity contribution in [2.75, 3.05) is 19.7 Å². The summed E-state index contributed by atoms with van der Waals surface area (Å²) in [6.45, 7) is 11.0. The second-order valence-corrected chi connectivity index (χ2v) is 10.3. The molecule has 31 heavy (non-hydrogen) atoms.